The molecule has 0 amide bonds. The van der Waals surface area contributed by atoms with E-state index in [2.05, 4.69) is 11.9 Å². The van der Waals surface area contributed by atoms with Gasteiger partial charge < -0.3 is 10.2 Å². The predicted octanol–water partition coefficient (Wildman–Crippen LogP) is 1.26. The Morgan fingerprint density at radius 1 is 1.53 bits per heavy atom. The van der Waals surface area contributed by atoms with Gasteiger partial charge in [-0.25, -0.2) is 4.79 Å². The molecule has 4 heteroatoms. The highest BCUT2D eigenvalue weighted by Gasteiger charge is 2.05. The minimum atomic E-state index is -0.408. The number of aromatic nitrogens is 1. The lowest BCUT2D eigenvalue weighted by Gasteiger charge is -2.07. The zero-order valence-corrected chi connectivity index (χ0v) is 8.62. The van der Waals surface area contributed by atoms with Crippen LogP contribution in [0.25, 0.3) is 11.1 Å². The highest BCUT2D eigenvalue weighted by atomic mass is 16.4. The van der Waals surface area contributed by atoms with Crippen LogP contribution in [0.4, 0.5) is 0 Å². The fourth-order valence-corrected chi connectivity index (χ4v) is 1.61. The number of benzene rings is 1. The van der Waals surface area contributed by atoms with Crippen LogP contribution in [-0.2, 0) is 6.42 Å². The molecule has 1 unspecified atom stereocenters. The SMILES string of the molecule is CC(CN)Cc1ccc2oc(=O)[nH]c2c1. The lowest BCUT2D eigenvalue weighted by Crippen LogP contribution is -2.12. The van der Waals surface area contributed by atoms with E-state index in [1.165, 1.54) is 0 Å². The minimum absolute atomic E-state index is 0.408. The van der Waals surface area contributed by atoms with Crippen LogP contribution in [0.2, 0.25) is 0 Å². The minimum Gasteiger partial charge on any atom is -0.408 e. The van der Waals surface area contributed by atoms with Crippen molar-refractivity contribution in [3.05, 3.63) is 34.3 Å². The Hall–Kier alpha value is -1.55. The summed E-state index contributed by atoms with van der Waals surface area (Å²) in [6, 6.07) is 5.71. The normalized spacial score (nSPS) is 13.2. The molecule has 0 spiro atoms. The van der Waals surface area contributed by atoms with E-state index in [-0.39, 0.29) is 0 Å². The number of aromatic amines is 1. The van der Waals surface area contributed by atoms with E-state index in [1.807, 2.05) is 18.2 Å². The smallest absolute Gasteiger partial charge is 0.408 e. The Morgan fingerprint density at radius 3 is 3.07 bits per heavy atom. The van der Waals surface area contributed by atoms with Gasteiger partial charge in [0.25, 0.3) is 0 Å². The van der Waals surface area contributed by atoms with Gasteiger partial charge in [0.1, 0.15) is 0 Å². The molecule has 0 saturated carbocycles. The zero-order valence-electron chi connectivity index (χ0n) is 8.62. The summed E-state index contributed by atoms with van der Waals surface area (Å²) < 4.78 is 4.92. The maximum Gasteiger partial charge on any atom is 0.417 e. The molecule has 2 aromatic rings. The highest BCUT2D eigenvalue weighted by molar-refractivity contribution is 5.72. The van der Waals surface area contributed by atoms with Crippen LogP contribution in [0.15, 0.2) is 27.4 Å². The summed E-state index contributed by atoms with van der Waals surface area (Å²) in [6.45, 7) is 2.77. The first-order valence-electron chi connectivity index (χ1n) is 5.01. The van der Waals surface area contributed by atoms with Gasteiger partial charge in [-0.15, -0.1) is 0 Å². The van der Waals surface area contributed by atoms with E-state index in [9.17, 15) is 4.79 Å². The molecule has 1 aromatic heterocycles. The van der Waals surface area contributed by atoms with Gasteiger partial charge in [0, 0.05) is 0 Å². The molecule has 15 heavy (non-hydrogen) atoms. The summed E-state index contributed by atoms with van der Waals surface area (Å²) in [5.41, 5.74) is 8.08. The van der Waals surface area contributed by atoms with Crippen molar-refractivity contribution in [2.24, 2.45) is 11.7 Å². The van der Waals surface area contributed by atoms with Gasteiger partial charge in [-0.3, -0.25) is 4.98 Å². The van der Waals surface area contributed by atoms with Crippen molar-refractivity contribution in [2.45, 2.75) is 13.3 Å². The highest BCUT2D eigenvalue weighted by Crippen LogP contribution is 2.14. The molecule has 2 rings (SSSR count). The van der Waals surface area contributed by atoms with Crippen molar-refractivity contribution in [2.75, 3.05) is 6.54 Å². The molecule has 0 saturated heterocycles. The Morgan fingerprint density at radius 2 is 2.33 bits per heavy atom. The fourth-order valence-electron chi connectivity index (χ4n) is 1.61. The summed E-state index contributed by atoms with van der Waals surface area (Å²) in [5.74, 6) is 0.0371. The average Bonchev–Trinajstić information content (AvgIpc) is 2.57. The van der Waals surface area contributed by atoms with Crippen molar-refractivity contribution in [3.63, 3.8) is 0 Å². The number of rotatable bonds is 3. The van der Waals surface area contributed by atoms with E-state index in [0.29, 0.717) is 18.0 Å². The predicted molar refractivity (Wildman–Crippen MR) is 58.8 cm³/mol. The summed E-state index contributed by atoms with van der Waals surface area (Å²) in [5, 5.41) is 0. The van der Waals surface area contributed by atoms with Crippen molar-refractivity contribution >= 4 is 11.1 Å². The van der Waals surface area contributed by atoms with E-state index in [0.717, 1.165) is 17.5 Å². The molecule has 1 heterocycles. The number of fused-ring (bicyclic) bond motifs is 1. The van der Waals surface area contributed by atoms with E-state index in [4.69, 9.17) is 10.2 Å². The molecule has 3 N–H and O–H groups in total. The summed E-state index contributed by atoms with van der Waals surface area (Å²) in [7, 11) is 0. The van der Waals surface area contributed by atoms with Crippen LogP contribution in [-0.4, -0.2) is 11.5 Å². The van der Waals surface area contributed by atoms with Crippen LogP contribution >= 0.6 is 0 Å². The number of hydrogen-bond donors (Lipinski definition) is 2. The van der Waals surface area contributed by atoms with Crippen LogP contribution in [0.3, 0.4) is 0 Å². The maximum absolute atomic E-state index is 10.9. The Balaban J connectivity index is 2.34. The lowest BCUT2D eigenvalue weighted by molar-refractivity contribution is 0.555. The van der Waals surface area contributed by atoms with Gasteiger partial charge in [-0.05, 0) is 36.6 Å². The number of nitrogens with one attached hydrogen (secondary N) is 1. The molecule has 0 bridgehead atoms. The van der Waals surface area contributed by atoms with Crippen LogP contribution in [0.5, 0.6) is 0 Å². The van der Waals surface area contributed by atoms with Crippen LogP contribution in [0.1, 0.15) is 12.5 Å². The molecule has 1 atom stereocenters. The van der Waals surface area contributed by atoms with Gasteiger partial charge in [0.15, 0.2) is 5.58 Å². The Kier molecular flexibility index (Phi) is 2.60. The summed E-state index contributed by atoms with van der Waals surface area (Å²) in [6.07, 6.45) is 0.916. The van der Waals surface area contributed by atoms with E-state index >= 15 is 0 Å². The largest absolute Gasteiger partial charge is 0.417 e. The van der Waals surface area contributed by atoms with Crippen molar-refractivity contribution in [3.8, 4) is 0 Å². The van der Waals surface area contributed by atoms with E-state index in [1.54, 1.807) is 0 Å². The molecule has 0 aliphatic rings. The quantitative estimate of drug-likeness (QED) is 0.794. The summed E-state index contributed by atoms with van der Waals surface area (Å²) >= 11 is 0. The average molecular weight is 206 g/mol. The first kappa shape index (κ1) is 9.98. The first-order chi connectivity index (χ1) is 7.19. The first-order valence-corrected chi connectivity index (χ1v) is 5.01. The molecule has 1 aromatic carbocycles. The van der Waals surface area contributed by atoms with Crippen molar-refractivity contribution in [1.82, 2.24) is 4.98 Å². The maximum atomic E-state index is 10.9. The van der Waals surface area contributed by atoms with Gasteiger partial charge >= 0.3 is 5.76 Å². The standard InChI is InChI=1S/C11H14N2O2/c1-7(6-12)4-8-2-3-10-9(5-8)13-11(14)15-10/h2-3,5,7H,4,6,12H2,1H3,(H,13,14). The zero-order chi connectivity index (χ0) is 10.8. The number of hydrogen-bond acceptors (Lipinski definition) is 3. The molecular weight excluding hydrogens is 192 g/mol. The van der Waals surface area contributed by atoms with E-state index < -0.39 is 5.76 Å². The topological polar surface area (TPSA) is 72.0 Å². The molecule has 0 aliphatic carbocycles. The molecule has 0 aliphatic heterocycles. The number of oxazole rings is 1. The van der Waals surface area contributed by atoms with Crippen LogP contribution < -0.4 is 11.5 Å². The second kappa shape index (κ2) is 3.90. The van der Waals surface area contributed by atoms with Gasteiger partial charge in [-0.1, -0.05) is 13.0 Å². The Labute approximate surface area is 87.1 Å². The second-order valence-corrected chi connectivity index (χ2v) is 3.89. The third kappa shape index (κ3) is 2.10. The van der Waals surface area contributed by atoms with Crippen LogP contribution in [0, 0.1) is 5.92 Å². The van der Waals surface area contributed by atoms with Gasteiger partial charge in [-0.2, -0.15) is 0 Å². The lowest BCUT2D eigenvalue weighted by atomic mass is 10.0. The molecular formula is C11H14N2O2. The number of nitrogens with two attached hydrogens (primary N) is 1. The van der Waals surface area contributed by atoms with Gasteiger partial charge in [0.05, 0.1) is 5.52 Å². The van der Waals surface area contributed by atoms with Crippen molar-refractivity contribution in [1.29, 1.82) is 0 Å². The monoisotopic (exact) mass is 206 g/mol. The Bertz CT molecular complexity index is 513. The molecule has 0 fully saturated rings. The number of H-pyrrole nitrogens is 1. The van der Waals surface area contributed by atoms with Crippen molar-refractivity contribution < 1.29 is 4.42 Å². The van der Waals surface area contributed by atoms with Gasteiger partial charge in [0.2, 0.25) is 0 Å². The third-order valence-electron chi connectivity index (χ3n) is 2.47. The molecule has 0 radical (unpaired) electrons. The summed E-state index contributed by atoms with van der Waals surface area (Å²) in [4.78, 5) is 13.6. The second-order valence-electron chi connectivity index (χ2n) is 3.89. The fraction of sp³-hybridized carbons (Fsp3) is 0.364. The molecule has 80 valence electrons. The molecule has 4 nitrogen and oxygen atoms in total. The third-order valence-corrected chi connectivity index (χ3v) is 2.47.